The van der Waals surface area contributed by atoms with Gasteiger partial charge in [0.2, 0.25) is 0 Å². The summed E-state index contributed by atoms with van der Waals surface area (Å²) in [5, 5.41) is 10.9. The fraction of sp³-hybridized carbons (Fsp3) is 0.350. The first-order valence-electron chi connectivity index (χ1n) is 8.58. The number of nitro groups is 1. The first kappa shape index (κ1) is 17.1. The van der Waals surface area contributed by atoms with E-state index in [2.05, 4.69) is 26.0 Å². The zero-order valence-electron chi connectivity index (χ0n) is 14.8. The summed E-state index contributed by atoms with van der Waals surface area (Å²) in [7, 11) is 0. The molecule has 0 saturated carbocycles. The monoisotopic (exact) mass is 338 g/mol. The van der Waals surface area contributed by atoms with Crippen LogP contribution in [0.1, 0.15) is 53.2 Å². The lowest BCUT2D eigenvalue weighted by Crippen LogP contribution is -2.36. The second-order valence-electron chi connectivity index (χ2n) is 6.86. The topological polar surface area (TPSA) is 63.5 Å². The van der Waals surface area contributed by atoms with Gasteiger partial charge in [-0.15, -0.1) is 0 Å². The van der Waals surface area contributed by atoms with Gasteiger partial charge in [0.05, 0.1) is 4.92 Å². The number of rotatable bonds is 3. The highest BCUT2D eigenvalue weighted by Gasteiger charge is 2.25. The van der Waals surface area contributed by atoms with Gasteiger partial charge in [-0.25, -0.2) is 0 Å². The molecule has 0 saturated heterocycles. The molecule has 0 unspecified atom stereocenters. The van der Waals surface area contributed by atoms with E-state index in [0.29, 0.717) is 23.6 Å². The van der Waals surface area contributed by atoms with Crippen LogP contribution in [-0.2, 0) is 6.42 Å². The predicted molar refractivity (Wildman–Crippen MR) is 98.4 cm³/mol. The van der Waals surface area contributed by atoms with E-state index >= 15 is 0 Å². The molecule has 0 bridgehead atoms. The first-order chi connectivity index (χ1) is 11.9. The Balaban J connectivity index is 1.96. The highest BCUT2D eigenvalue weighted by Crippen LogP contribution is 2.32. The number of non-ortho nitro benzene ring substituents is 1. The Labute approximate surface area is 147 Å². The molecule has 0 atom stereocenters. The molecule has 0 spiro atoms. The summed E-state index contributed by atoms with van der Waals surface area (Å²) < 4.78 is 0. The van der Waals surface area contributed by atoms with Gasteiger partial charge in [-0.05, 0) is 54.5 Å². The van der Waals surface area contributed by atoms with Crippen LogP contribution in [0.4, 0.5) is 11.4 Å². The molecule has 1 aliphatic rings. The van der Waals surface area contributed by atoms with Crippen LogP contribution in [0.15, 0.2) is 36.4 Å². The van der Waals surface area contributed by atoms with Crippen molar-refractivity contribution in [2.45, 2.75) is 39.5 Å². The molecule has 2 aromatic carbocycles. The number of hydrogen-bond acceptors (Lipinski definition) is 3. The second kappa shape index (κ2) is 6.67. The summed E-state index contributed by atoms with van der Waals surface area (Å²) in [6, 6.07) is 10.7. The van der Waals surface area contributed by atoms with Gasteiger partial charge in [-0.2, -0.15) is 0 Å². The van der Waals surface area contributed by atoms with E-state index in [0.717, 1.165) is 18.5 Å². The van der Waals surface area contributed by atoms with Crippen molar-refractivity contribution in [2.24, 2.45) is 0 Å². The van der Waals surface area contributed by atoms with E-state index in [9.17, 15) is 14.9 Å². The van der Waals surface area contributed by atoms with Crippen LogP contribution < -0.4 is 4.90 Å². The molecule has 1 heterocycles. The van der Waals surface area contributed by atoms with Gasteiger partial charge in [0.15, 0.2) is 0 Å². The van der Waals surface area contributed by atoms with Crippen LogP contribution in [0, 0.1) is 17.0 Å². The smallest absolute Gasteiger partial charge is 0.269 e. The Bertz CT molecular complexity index is 843. The number of amides is 1. The maximum absolute atomic E-state index is 13.0. The van der Waals surface area contributed by atoms with E-state index in [-0.39, 0.29) is 11.6 Å². The van der Waals surface area contributed by atoms with E-state index < -0.39 is 4.92 Å². The number of anilines is 1. The minimum atomic E-state index is -0.440. The molecule has 1 amide bonds. The maximum Gasteiger partial charge on any atom is 0.269 e. The Morgan fingerprint density at radius 1 is 1.20 bits per heavy atom. The Morgan fingerprint density at radius 2 is 1.96 bits per heavy atom. The summed E-state index contributed by atoms with van der Waals surface area (Å²) >= 11 is 0. The lowest BCUT2D eigenvalue weighted by atomic mass is 9.94. The van der Waals surface area contributed by atoms with Crippen LogP contribution in [-0.4, -0.2) is 17.4 Å². The van der Waals surface area contributed by atoms with Gasteiger partial charge < -0.3 is 4.90 Å². The fourth-order valence-corrected chi connectivity index (χ4v) is 3.33. The molecule has 0 aliphatic carbocycles. The van der Waals surface area contributed by atoms with Gasteiger partial charge >= 0.3 is 0 Å². The second-order valence-corrected chi connectivity index (χ2v) is 6.86. The lowest BCUT2D eigenvalue weighted by Gasteiger charge is -2.30. The van der Waals surface area contributed by atoms with Crippen LogP contribution in [0.2, 0.25) is 0 Å². The van der Waals surface area contributed by atoms with Crippen molar-refractivity contribution < 1.29 is 9.72 Å². The molecule has 25 heavy (non-hydrogen) atoms. The molecular formula is C20H22N2O3. The number of carbonyl (C=O) groups is 1. The molecule has 0 radical (unpaired) electrons. The highest BCUT2D eigenvalue weighted by molar-refractivity contribution is 6.07. The lowest BCUT2D eigenvalue weighted by molar-refractivity contribution is -0.384. The fourth-order valence-electron chi connectivity index (χ4n) is 3.33. The van der Waals surface area contributed by atoms with Crippen molar-refractivity contribution in [1.29, 1.82) is 0 Å². The number of carbonyl (C=O) groups excluding carboxylic acids is 1. The summed E-state index contributed by atoms with van der Waals surface area (Å²) in [4.78, 5) is 25.3. The molecule has 2 aromatic rings. The van der Waals surface area contributed by atoms with Gasteiger partial charge in [-0.3, -0.25) is 14.9 Å². The van der Waals surface area contributed by atoms with E-state index in [1.165, 1.54) is 23.3 Å². The molecule has 130 valence electrons. The van der Waals surface area contributed by atoms with Crippen molar-refractivity contribution in [3.05, 3.63) is 68.8 Å². The number of benzene rings is 2. The summed E-state index contributed by atoms with van der Waals surface area (Å²) in [5.74, 6) is 0.360. The zero-order chi connectivity index (χ0) is 18.1. The largest absolute Gasteiger partial charge is 0.308 e. The maximum atomic E-state index is 13.0. The van der Waals surface area contributed by atoms with Crippen molar-refractivity contribution in [1.82, 2.24) is 0 Å². The molecule has 1 aliphatic heterocycles. The Kier molecular flexibility index (Phi) is 4.57. The minimum Gasteiger partial charge on any atom is -0.308 e. The van der Waals surface area contributed by atoms with E-state index in [1.54, 1.807) is 17.9 Å². The summed E-state index contributed by atoms with van der Waals surface area (Å²) in [6.45, 7) is 6.73. The van der Waals surface area contributed by atoms with Crippen molar-refractivity contribution >= 4 is 17.3 Å². The third kappa shape index (κ3) is 3.27. The van der Waals surface area contributed by atoms with Crippen molar-refractivity contribution in [3.63, 3.8) is 0 Å². The number of hydrogen-bond donors (Lipinski definition) is 0. The van der Waals surface area contributed by atoms with Crippen molar-refractivity contribution in [3.8, 4) is 0 Å². The minimum absolute atomic E-state index is 0.00895. The van der Waals surface area contributed by atoms with Gasteiger partial charge in [-0.1, -0.05) is 26.0 Å². The number of nitrogens with zero attached hydrogens (tertiary/aromatic N) is 2. The van der Waals surface area contributed by atoms with Gasteiger partial charge in [0, 0.05) is 29.9 Å². The standard InChI is InChI=1S/C20H22N2O3/c1-13(2)15-6-9-19-16(12-15)5-4-10-21(19)20(23)18-8-7-17(22(24)25)11-14(18)3/h6-9,11-13H,4-5,10H2,1-3H3. The third-order valence-corrected chi connectivity index (χ3v) is 4.79. The predicted octanol–water partition coefficient (Wildman–Crippen LogP) is 4.62. The summed E-state index contributed by atoms with van der Waals surface area (Å²) in [5.41, 5.74) is 4.59. The molecule has 3 rings (SSSR count). The first-order valence-corrected chi connectivity index (χ1v) is 8.58. The number of nitro benzene ring substituents is 1. The third-order valence-electron chi connectivity index (χ3n) is 4.79. The normalized spacial score (nSPS) is 13.7. The SMILES string of the molecule is Cc1cc([N+](=O)[O-])ccc1C(=O)N1CCCc2cc(C(C)C)ccc21. The van der Waals surface area contributed by atoms with Gasteiger partial charge in [0.1, 0.15) is 0 Å². The summed E-state index contributed by atoms with van der Waals surface area (Å²) in [6.07, 6.45) is 1.89. The average Bonchev–Trinajstić information content (AvgIpc) is 2.59. The van der Waals surface area contributed by atoms with Crippen LogP contribution >= 0.6 is 0 Å². The van der Waals surface area contributed by atoms with Crippen LogP contribution in [0.5, 0.6) is 0 Å². The molecular weight excluding hydrogens is 316 g/mol. The molecule has 0 fully saturated rings. The molecule has 0 N–H and O–H groups in total. The van der Waals surface area contributed by atoms with Crippen LogP contribution in [0.3, 0.4) is 0 Å². The quantitative estimate of drug-likeness (QED) is 0.606. The number of fused-ring (bicyclic) bond motifs is 1. The highest BCUT2D eigenvalue weighted by atomic mass is 16.6. The molecule has 5 heteroatoms. The van der Waals surface area contributed by atoms with Crippen molar-refractivity contribution in [2.75, 3.05) is 11.4 Å². The van der Waals surface area contributed by atoms with E-state index in [1.807, 2.05) is 6.07 Å². The average molecular weight is 338 g/mol. The number of aryl methyl sites for hydroxylation is 2. The Morgan fingerprint density at radius 3 is 2.60 bits per heavy atom. The Hall–Kier alpha value is -2.69. The van der Waals surface area contributed by atoms with E-state index in [4.69, 9.17) is 0 Å². The van der Waals surface area contributed by atoms with Gasteiger partial charge in [0.25, 0.3) is 11.6 Å². The molecule has 0 aromatic heterocycles. The zero-order valence-corrected chi connectivity index (χ0v) is 14.8. The van der Waals surface area contributed by atoms with Crippen LogP contribution in [0.25, 0.3) is 0 Å². The molecule has 5 nitrogen and oxygen atoms in total.